The molecule has 0 amide bonds. The summed E-state index contributed by atoms with van der Waals surface area (Å²) in [4.78, 5) is 0. The van der Waals surface area contributed by atoms with Crippen LogP contribution in [0.2, 0.25) is 5.02 Å². The van der Waals surface area contributed by atoms with Gasteiger partial charge >= 0.3 is 0 Å². The third-order valence-corrected chi connectivity index (χ3v) is 2.94. The van der Waals surface area contributed by atoms with Crippen molar-refractivity contribution in [1.82, 2.24) is 0 Å². The minimum Gasteiger partial charge on any atom is -0.393 e. The highest BCUT2D eigenvalue weighted by molar-refractivity contribution is 6.31. The van der Waals surface area contributed by atoms with Crippen LogP contribution in [0.1, 0.15) is 12.0 Å². The van der Waals surface area contributed by atoms with Gasteiger partial charge in [0.05, 0.1) is 19.3 Å². The minimum absolute atomic E-state index is 0.266. The lowest BCUT2D eigenvalue weighted by Crippen LogP contribution is -2.20. The molecule has 3 nitrogen and oxygen atoms in total. The molecule has 1 heterocycles. The Balaban J connectivity index is 1.86. The van der Waals surface area contributed by atoms with Gasteiger partial charge in [-0.2, -0.15) is 0 Å². The number of rotatable bonds is 4. The van der Waals surface area contributed by atoms with Crippen LogP contribution in [0.25, 0.3) is 0 Å². The molecule has 1 atom stereocenters. The molecule has 0 aliphatic carbocycles. The van der Waals surface area contributed by atoms with Gasteiger partial charge in [-0.25, -0.2) is 0 Å². The maximum atomic E-state index is 9.87. The molecule has 1 aromatic rings. The molecule has 1 N–H and O–H groups in total. The van der Waals surface area contributed by atoms with Crippen LogP contribution in [-0.2, 0) is 15.9 Å². The predicted molar refractivity (Wildman–Crippen MR) is 61.5 cm³/mol. The maximum absolute atomic E-state index is 9.87. The second-order valence-corrected chi connectivity index (χ2v) is 4.26. The predicted octanol–water partition coefficient (Wildman–Crippen LogP) is 2.01. The van der Waals surface area contributed by atoms with Gasteiger partial charge in [0, 0.05) is 17.9 Å². The first kappa shape index (κ1) is 11.9. The van der Waals surface area contributed by atoms with Gasteiger partial charge in [-0.05, 0) is 11.6 Å². The lowest BCUT2D eigenvalue weighted by Gasteiger charge is -2.15. The molecule has 0 saturated carbocycles. The third-order valence-electron chi connectivity index (χ3n) is 2.57. The number of hydrogen-bond acceptors (Lipinski definition) is 3. The Morgan fingerprint density at radius 2 is 2.00 bits per heavy atom. The van der Waals surface area contributed by atoms with Crippen LogP contribution in [-0.4, -0.2) is 30.7 Å². The summed E-state index contributed by atoms with van der Waals surface area (Å²) in [6, 6.07) is 7.53. The summed E-state index contributed by atoms with van der Waals surface area (Å²) >= 11 is 6.01. The fraction of sp³-hybridized carbons (Fsp3) is 0.500. The smallest absolute Gasteiger partial charge is 0.160 e. The molecule has 1 fully saturated rings. The molecule has 0 spiro atoms. The van der Waals surface area contributed by atoms with E-state index in [1.165, 1.54) is 0 Å². The first-order valence-electron chi connectivity index (χ1n) is 5.40. The van der Waals surface area contributed by atoms with E-state index in [4.69, 9.17) is 21.1 Å². The Hall–Kier alpha value is -0.610. The van der Waals surface area contributed by atoms with E-state index in [9.17, 15) is 5.11 Å². The molecule has 4 heteroatoms. The normalized spacial score (nSPS) is 18.9. The number of aliphatic hydroxyl groups is 1. The molecule has 1 aliphatic rings. The Labute approximate surface area is 99.9 Å². The van der Waals surface area contributed by atoms with Gasteiger partial charge in [-0.1, -0.05) is 29.8 Å². The monoisotopic (exact) mass is 242 g/mol. The molecule has 16 heavy (non-hydrogen) atoms. The molecule has 2 rings (SSSR count). The quantitative estimate of drug-likeness (QED) is 0.878. The number of aliphatic hydroxyl groups excluding tert-OH is 1. The van der Waals surface area contributed by atoms with Gasteiger partial charge < -0.3 is 14.6 Å². The van der Waals surface area contributed by atoms with Crippen LogP contribution in [0.4, 0.5) is 0 Å². The minimum atomic E-state index is -0.483. The Bertz CT molecular complexity index is 337. The molecule has 1 aromatic carbocycles. The molecule has 0 bridgehead atoms. The zero-order valence-electron chi connectivity index (χ0n) is 8.93. The lowest BCUT2D eigenvalue weighted by molar-refractivity contribution is -0.0698. The summed E-state index contributed by atoms with van der Waals surface area (Å²) in [5, 5.41) is 10.6. The molecule has 1 unspecified atom stereocenters. The van der Waals surface area contributed by atoms with Crippen molar-refractivity contribution in [2.24, 2.45) is 0 Å². The van der Waals surface area contributed by atoms with Crippen molar-refractivity contribution in [3.05, 3.63) is 34.9 Å². The van der Waals surface area contributed by atoms with Crippen molar-refractivity contribution in [1.29, 1.82) is 0 Å². The van der Waals surface area contributed by atoms with Crippen molar-refractivity contribution < 1.29 is 14.6 Å². The van der Waals surface area contributed by atoms with Crippen molar-refractivity contribution in [3.8, 4) is 0 Å². The number of benzene rings is 1. The SMILES string of the molecule is OC(Cc1ccccc1Cl)CC1OCCO1. The molecular formula is C12H15ClO3. The van der Waals surface area contributed by atoms with Gasteiger partial charge in [-0.15, -0.1) is 0 Å². The highest BCUT2D eigenvalue weighted by Crippen LogP contribution is 2.19. The largest absolute Gasteiger partial charge is 0.393 e. The summed E-state index contributed by atoms with van der Waals surface area (Å²) in [6.07, 6.45) is 0.272. The average molecular weight is 243 g/mol. The highest BCUT2D eigenvalue weighted by Gasteiger charge is 2.20. The van der Waals surface area contributed by atoms with Crippen LogP contribution in [0, 0.1) is 0 Å². The van der Waals surface area contributed by atoms with Crippen molar-refractivity contribution in [2.45, 2.75) is 25.2 Å². The molecule has 0 radical (unpaired) electrons. The standard InChI is InChI=1S/C12H15ClO3/c13-11-4-2-1-3-9(11)7-10(14)8-12-15-5-6-16-12/h1-4,10,12,14H,5-8H2. The van der Waals surface area contributed by atoms with Gasteiger partial charge in [0.25, 0.3) is 0 Å². The summed E-state index contributed by atoms with van der Waals surface area (Å²) in [7, 11) is 0. The zero-order chi connectivity index (χ0) is 11.4. The summed E-state index contributed by atoms with van der Waals surface area (Å²) in [6.45, 7) is 1.23. The number of ether oxygens (including phenoxy) is 2. The summed E-state index contributed by atoms with van der Waals surface area (Å²) < 4.78 is 10.6. The van der Waals surface area contributed by atoms with Crippen LogP contribution < -0.4 is 0 Å². The molecular weight excluding hydrogens is 228 g/mol. The second-order valence-electron chi connectivity index (χ2n) is 3.86. The van der Waals surface area contributed by atoms with E-state index in [-0.39, 0.29) is 6.29 Å². The third kappa shape index (κ3) is 3.19. The first-order valence-corrected chi connectivity index (χ1v) is 5.78. The van der Waals surface area contributed by atoms with E-state index < -0.39 is 6.10 Å². The highest BCUT2D eigenvalue weighted by atomic mass is 35.5. The van der Waals surface area contributed by atoms with E-state index in [1.807, 2.05) is 24.3 Å². The lowest BCUT2D eigenvalue weighted by atomic mass is 10.1. The van der Waals surface area contributed by atoms with Crippen molar-refractivity contribution in [3.63, 3.8) is 0 Å². The fourth-order valence-electron chi connectivity index (χ4n) is 1.77. The average Bonchev–Trinajstić information content (AvgIpc) is 2.74. The molecule has 1 aliphatic heterocycles. The van der Waals surface area contributed by atoms with Crippen LogP contribution in [0.15, 0.2) is 24.3 Å². The second kappa shape index (κ2) is 5.64. The topological polar surface area (TPSA) is 38.7 Å². The molecule has 1 saturated heterocycles. The van der Waals surface area contributed by atoms with Crippen LogP contribution >= 0.6 is 11.6 Å². The molecule has 0 aromatic heterocycles. The fourth-order valence-corrected chi connectivity index (χ4v) is 1.98. The number of halogens is 1. The van der Waals surface area contributed by atoms with Crippen LogP contribution in [0.3, 0.4) is 0 Å². The summed E-state index contributed by atoms with van der Waals surface area (Å²) in [5.74, 6) is 0. The molecule has 88 valence electrons. The van der Waals surface area contributed by atoms with Gasteiger partial charge in [0.15, 0.2) is 6.29 Å². The van der Waals surface area contributed by atoms with E-state index in [0.717, 1.165) is 5.56 Å². The maximum Gasteiger partial charge on any atom is 0.160 e. The van der Waals surface area contributed by atoms with Gasteiger partial charge in [0.2, 0.25) is 0 Å². The van der Waals surface area contributed by atoms with Crippen molar-refractivity contribution >= 4 is 11.6 Å². The summed E-state index contributed by atoms with van der Waals surface area (Å²) in [5.41, 5.74) is 0.953. The van der Waals surface area contributed by atoms with E-state index in [1.54, 1.807) is 0 Å². The van der Waals surface area contributed by atoms with Crippen LogP contribution in [0.5, 0.6) is 0 Å². The number of hydrogen-bond donors (Lipinski definition) is 1. The van der Waals surface area contributed by atoms with Crippen molar-refractivity contribution in [2.75, 3.05) is 13.2 Å². The van der Waals surface area contributed by atoms with E-state index in [2.05, 4.69) is 0 Å². The first-order chi connectivity index (χ1) is 7.75. The van der Waals surface area contributed by atoms with Gasteiger partial charge in [-0.3, -0.25) is 0 Å². The van der Waals surface area contributed by atoms with E-state index in [0.29, 0.717) is 31.1 Å². The Morgan fingerprint density at radius 1 is 1.31 bits per heavy atom. The Morgan fingerprint density at radius 3 is 2.69 bits per heavy atom. The Kier molecular flexibility index (Phi) is 4.18. The van der Waals surface area contributed by atoms with Gasteiger partial charge in [0.1, 0.15) is 0 Å². The van der Waals surface area contributed by atoms with E-state index >= 15 is 0 Å². The zero-order valence-corrected chi connectivity index (χ0v) is 9.69.